The number of nitrogens with zero attached hydrogens (tertiary/aromatic N) is 2. The minimum absolute atomic E-state index is 0.135. The fourth-order valence-corrected chi connectivity index (χ4v) is 2.50. The van der Waals surface area contributed by atoms with Crippen LogP contribution in [0.3, 0.4) is 0 Å². The molecule has 2 amide bonds. The van der Waals surface area contributed by atoms with E-state index in [9.17, 15) is 9.59 Å². The molecule has 0 bridgehead atoms. The fraction of sp³-hybridized carbons (Fsp3) is 0.130. The lowest BCUT2D eigenvalue weighted by atomic mass is 10.2. The standard InChI is InChI=1S/C23H22N4O3/c28-22(15-16-24-23(29)30-17-18-7-3-1-4-8-18)25-19-11-13-21(14-12-19)27-26-20-9-5-2-6-10-20/h1-14H,15-17H2,(H,24,29)(H,25,28). The Morgan fingerprint density at radius 1 is 0.767 bits per heavy atom. The smallest absolute Gasteiger partial charge is 0.407 e. The van der Waals surface area contributed by atoms with Crippen LogP contribution in [0.4, 0.5) is 21.9 Å². The predicted molar refractivity (Wildman–Crippen MR) is 115 cm³/mol. The zero-order chi connectivity index (χ0) is 21.0. The van der Waals surface area contributed by atoms with Crippen molar-refractivity contribution in [1.29, 1.82) is 0 Å². The summed E-state index contributed by atoms with van der Waals surface area (Å²) in [6.07, 6.45) is -0.421. The summed E-state index contributed by atoms with van der Waals surface area (Å²) in [7, 11) is 0. The van der Waals surface area contributed by atoms with Crippen molar-refractivity contribution in [3.63, 3.8) is 0 Å². The first kappa shape index (κ1) is 20.7. The quantitative estimate of drug-likeness (QED) is 0.497. The van der Waals surface area contributed by atoms with E-state index in [0.29, 0.717) is 11.4 Å². The Bertz CT molecular complexity index is 974. The maximum Gasteiger partial charge on any atom is 0.407 e. The second-order valence-electron chi connectivity index (χ2n) is 6.37. The molecule has 0 aromatic heterocycles. The van der Waals surface area contributed by atoms with Gasteiger partial charge in [0.1, 0.15) is 6.61 Å². The van der Waals surface area contributed by atoms with E-state index in [0.717, 1.165) is 11.3 Å². The molecule has 0 radical (unpaired) electrons. The monoisotopic (exact) mass is 402 g/mol. The molecule has 0 aliphatic carbocycles. The highest BCUT2D eigenvalue weighted by Gasteiger charge is 2.06. The van der Waals surface area contributed by atoms with Gasteiger partial charge in [-0.3, -0.25) is 4.79 Å². The highest BCUT2D eigenvalue weighted by Crippen LogP contribution is 2.20. The second-order valence-corrected chi connectivity index (χ2v) is 6.37. The van der Waals surface area contributed by atoms with Crippen LogP contribution in [0.25, 0.3) is 0 Å². The van der Waals surface area contributed by atoms with Crippen molar-refractivity contribution < 1.29 is 14.3 Å². The first-order chi connectivity index (χ1) is 14.7. The van der Waals surface area contributed by atoms with Crippen LogP contribution in [-0.4, -0.2) is 18.5 Å². The number of rotatable bonds is 8. The van der Waals surface area contributed by atoms with E-state index in [1.807, 2.05) is 60.7 Å². The molecule has 0 saturated heterocycles. The molecule has 2 N–H and O–H groups in total. The van der Waals surface area contributed by atoms with Gasteiger partial charge in [0.25, 0.3) is 0 Å². The van der Waals surface area contributed by atoms with Crippen molar-refractivity contribution in [2.24, 2.45) is 10.2 Å². The van der Waals surface area contributed by atoms with E-state index >= 15 is 0 Å². The summed E-state index contributed by atoms with van der Waals surface area (Å²) in [5, 5.41) is 13.6. The summed E-state index contributed by atoms with van der Waals surface area (Å²) < 4.78 is 5.10. The van der Waals surface area contributed by atoms with Crippen molar-refractivity contribution in [2.45, 2.75) is 13.0 Å². The number of anilines is 1. The van der Waals surface area contributed by atoms with Gasteiger partial charge in [0, 0.05) is 18.7 Å². The van der Waals surface area contributed by atoms with Gasteiger partial charge >= 0.3 is 6.09 Å². The minimum atomic E-state index is -0.556. The number of alkyl carbamates (subject to hydrolysis) is 1. The average Bonchev–Trinajstić information content (AvgIpc) is 2.79. The Morgan fingerprint density at radius 2 is 1.37 bits per heavy atom. The third-order valence-electron chi connectivity index (χ3n) is 4.02. The summed E-state index contributed by atoms with van der Waals surface area (Å²) >= 11 is 0. The molecule has 3 aromatic carbocycles. The number of azo groups is 1. The second kappa shape index (κ2) is 11.1. The molecule has 3 aromatic rings. The number of hydrogen-bond acceptors (Lipinski definition) is 5. The maximum absolute atomic E-state index is 12.0. The summed E-state index contributed by atoms with van der Waals surface area (Å²) in [6.45, 7) is 0.371. The first-order valence-electron chi connectivity index (χ1n) is 9.50. The Morgan fingerprint density at radius 3 is 2.03 bits per heavy atom. The summed E-state index contributed by atoms with van der Waals surface area (Å²) in [5.74, 6) is -0.211. The molecule has 0 saturated carbocycles. The van der Waals surface area contributed by atoms with Crippen LogP contribution >= 0.6 is 0 Å². The lowest BCUT2D eigenvalue weighted by molar-refractivity contribution is -0.116. The van der Waals surface area contributed by atoms with E-state index in [-0.39, 0.29) is 25.5 Å². The molecule has 152 valence electrons. The van der Waals surface area contributed by atoms with Gasteiger partial charge in [-0.25, -0.2) is 4.79 Å². The van der Waals surface area contributed by atoms with Gasteiger partial charge in [-0.15, -0.1) is 0 Å². The van der Waals surface area contributed by atoms with Crippen LogP contribution in [0.15, 0.2) is 95.2 Å². The predicted octanol–water partition coefficient (Wildman–Crippen LogP) is 5.36. The van der Waals surface area contributed by atoms with Crippen LogP contribution in [-0.2, 0) is 16.1 Å². The lowest BCUT2D eigenvalue weighted by Gasteiger charge is -2.08. The van der Waals surface area contributed by atoms with Crippen LogP contribution in [0.2, 0.25) is 0 Å². The van der Waals surface area contributed by atoms with E-state index in [1.54, 1.807) is 24.3 Å². The summed E-state index contributed by atoms with van der Waals surface area (Å²) in [4.78, 5) is 23.7. The first-order valence-corrected chi connectivity index (χ1v) is 9.50. The number of hydrogen-bond donors (Lipinski definition) is 2. The van der Waals surface area contributed by atoms with Gasteiger partial charge in [-0.2, -0.15) is 10.2 Å². The summed E-state index contributed by atoms with van der Waals surface area (Å²) in [5.41, 5.74) is 2.99. The van der Waals surface area contributed by atoms with Crippen LogP contribution < -0.4 is 10.6 Å². The van der Waals surface area contributed by atoms with E-state index in [4.69, 9.17) is 4.74 Å². The van der Waals surface area contributed by atoms with Crippen LogP contribution in [0.5, 0.6) is 0 Å². The van der Waals surface area contributed by atoms with Gasteiger partial charge in [0.2, 0.25) is 5.91 Å². The molecule has 3 rings (SSSR count). The van der Waals surface area contributed by atoms with Crippen molar-refractivity contribution in [1.82, 2.24) is 5.32 Å². The Balaban J connectivity index is 1.36. The van der Waals surface area contributed by atoms with E-state index < -0.39 is 6.09 Å². The highest BCUT2D eigenvalue weighted by atomic mass is 16.5. The van der Waals surface area contributed by atoms with Crippen molar-refractivity contribution in [3.8, 4) is 0 Å². The average molecular weight is 402 g/mol. The molecule has 0 aliphatic rings. The van der Waals surface area contributed by atoms with Gasteiger partial charge in [-0.1, -0.05) is 48.5 Å². The SMILES string of the molecule is O=C(CCNC(=O)OCc1ccccc1)Nc1ccc(N=Nc2ccccc2)cc1. The highest BCUT2D eigenvalue weighted by molar-refractivity contribution is 5.91. The normalized spacial score (nSPS) is 10.5. The van der Waals surface area contributed by atoms with Crippen LogP contribution in [0.1, 0.15) is 12.0 Å². The number of nitrogens with one attached hydrogen (secondary N) is 2. The zero-order valence-electron chi connectivity index (χ0n) is 16.3. The molecule has 0 spiro atoms. The number of amides is 2. The van der Waals surface area contributed by atoms with Gasteiger partial charge in [-0.05, 0) is 42.0 Å². The zero-order valence-corrected chi connectivity index (χ0v) is 16.3. The van der Waals surface area contributed by atoms with E-state index in [1.165, 1.54) is 0 Å². The van der Waals surface area contributed by atoms with Gasteiger partial charge < -0.3 is 15.4 Å². The molecule has 7 nitrogen and oxygen atoms in total. The Labute approximate surface area is 174 Å². The van der Waals surface area contributed by atoms with Crippen molar-refractivity contribution in [3.05, 3.63) is 90.5 Å². The molecular formula is C23H22N4O3. The largest absolute Gasteiger partial charge is 0.445 e. The lowest BCUT2D eigenvalue weighted by Crippen LogP contribution is -2.28. The molecule has 0 atom stereocenters. The van der Waals surface area contributed by atoms with E-state index in [2.05, 4.69) is 20.9 Å². The summed E-state index contributed by atoms with van der Waals surface area (Å²) in [6, 6.07) is 25.8. The number of benzene rings is 3. The minimum Gasteiger partial charge on any atom is -0.445 e. The maximum atomic E-state index is 12.0. The number of carbonyl (C=O) groups is 2. The third kappa shape index (κ3) is 7.20. The molecular weight excluding hydrogens is 380 g/mol. The molecule has 0 aliphatic heterocycles. The van der Waals surface area contributed by atoms with Gasteiger partial charge in [0.15, 0.2) is 0 Å². The van der Waals surface area contributed by atoms with Crippen LogP contribution in [0, 0.1) is 0 Å². The van der Waals surface area contributed by atoms with Crippen molar-refractivity contribution >= 4 is 29.1 Å². The fourth-order valence-electron chi connectivity index (χ4n) is 2.50. The number of carbonyl (C=O) groups excluding carboxylic acids is 2. The topological polar surface area (TPSA) is 92.2 Å². The molecule has 0 heterocycles. The van der Waals surface area contributed by atoms with Crippen molar-refractivity contribution in [2.75, 3.05) is 11.9 Å². The molecule has 0 fully saturated rings. The molecule has 7 heteroatoms. The molecule has 30 heavy (non-hydrogen) atoms. The number of ether oxygens (including phenoxy) is 1. The Hall–Kier alpha value is -4.00. The van der Waals surface area contributed by atoms with Gasteiger partial charge in [0.05, 0.1) is 11.4 Å². The Kier molecular flexibility index (Phi) is 7.68. The third-order valence-corrected chi connectivity index (χ3v) is 4.02. The molecule has 0 unspecified atom stereocenters.